The number of allylic oxidation sites excluding steroid dienone is 1. The minimum Gasteiger partial charge on any atom is -0.506 e. The Kier molecular flexibility index (Phi) is 5.80. The number of aromatic nitrogens is 3. The van der Waals surface area contributed by atoms with Gasteiger partial charge in [-0.05, 0) is 37.8 Å². The van der Waals surface area contributed by atoms with Gasteiger partial charge in [-0.1, -0.05) is 5.16 Å². The third-order valence-electron chi connectivity index (χ3n) is 4.20. The Bertz CT molecular complexity index is 857. The van der Waals surface area contributed by atoms with E-state index in [1.165, 1.54) is 19.4 Å². The summed E-state index contributed by atoms with van der Waals surface area (Å²) in [4.78, 5) is 32.2. The molecule has 2 heterocycles. The van der Waals surface area contributed by atoms with Gasteiger partial charge in [0.15, 0.2) is 0 Å². The largest absolute Gasteiger partial charge is 0.506 e. The molecule has 1 aliphatic rings. The molecule has 1 aliphatic carbocycles. The summed E-state index contributed by atoms with van der Waals surface area (Å²) >= 11 is 0. The lowest BCUT2D eigenvalue weighted by molar-refractivity contribution is -0.136. The molecule has 0 bridgehead atoms. The highest BCUT2D eigenvalue weighted by atomic mass is 16.5. The molecule has 3 rings (SSSR count). The first-order valence-corrected chi connectivity index (χ1v) is 8.65. The molecule has 0 aromatic carbocycles. The molecule has 0 unspecified atom stereocenters. The smallest absolute Gasteiger partial charge is 0.335 e. The van der Waals surface area contributed by atoms with Crippen LogP contribution in [0.1, 0.15) is 38.0 Å². The van der Waals surface area contributed by atoms with E-state index in [0.717, 1.165) is 12.8 Å². The molecule has 0 atom stereocenters. The molecule has 0 aliphatic heterocycles. The van der Waals surface area contributed by atoms with Crippen molar-refractivity contribution in [2.75, 3.05) is 7.11 Å². The number of pyridine rings is 1. The summed E-state index contributed by atoms with van der Waals surface area (Å²) in [6.45, 7) is 0. The quantitative estimate of drug-likeness (QED) is 0.736. The number of aromatic hydroxyl groups is 1. The van der Waals surface area contributed by atoms with Gasteiger partial charge in [0, 0.05) is 18.5 Å². The van der Waals surface area contributed by atoms with Crippen LogP contribution >= 0.6 is 0 Å². The van der Waals surface area contributed by atoms with Crippen molar-refractivity contribution in [1.29, 1.82) is 0 Å². The van der Waals surface area contributed by atoms with Crippen LogP contribution in [0.25, 0.3) is 11.5 Å². The SMILES string of the molecule is COC(=O)C1=C(NC(=O)CCc2nc(-c3ccc(O)cn3)no2)CCCC1. The van der Waals surface area contributed by atoms with E-state index in [-0.39, 0.29) is 30.3 Å². The van der Waals surface area contributed by atoms with Gasteiger partial charge in [-0.25, -0.2) is 9.78 Å². The minimum absolute atomic E-state index is 0.0440. The number of amides is 1. The number of carbonyl (C=O) groups excluding carboxylic acids is 2. The molecule has 0 spiro atoms. The molecule has 9 heteroatoms. The van der Waals surface area contributed by atoms with E-state index in [9.17, 15) is 14.7 Å². The first-order chi connectivity index (χ1) is 13.1. The molecule has 2 aromatic heterocycles. The first kappa shape index (κ1) is 18.6. The fourth-order valence-corrected chi connectivity index (χ4v) is 2.82. The fourth-order valence-electron chi connectivity index (χ4n) is 2.82. The fraction of sp³-hybridized carbons (Fsp3) is 0.389. The van der Waals surface area contributed by atoms with Gasteiger partial charge in [0.05, 0.1) is 18.9 Å². The minimum atomic E-state index is -0.395. The van der Waals surface area contributed by atoms with Crippen LogP contribution in [-0.4, -0.2) is 39.2 Å². The highest BCUT2D eigenvalue weighted by Gasteiger charge is 2.21. The Morgan fingerprint density at radius 2 is 2.11 bits per heavy atom. The molecule has 0 saturated carbocycles. The van der Waals surface area contributed by atoms with Crippen LogP contribution in [0.2, 0.25) is 0 Å². The van der Waals surface area contributed by atoms with Gasteiger partial charge < -0.3 is 19.7 Å². The summed E-state index contributed by atoms with van der Waals surface area (Å²) in [7, 11) is 1.33. The maximum Gasteiger partial charge on any atom is 0.335 e. The topological polar surface area (TPSA) is 127 Å². The summed E-state index contributed by atoms with van der Waals surface area (Å²) in [6, 6.07) is 3.04. The van der Waals surface area contributed by atoms with Crippen LogP contribution in [0.3, 0.4) is 0 Å². The maximum absolute atomic E-state index is 12.2. The lowest BCUT2D eigenvalue weighted by atomic mass is 9.96. The molecular formula is C18H20N4O5. The van der Waals surface area contributed by atoms with Crippen molar-refractivity contribution in [3.63, 3.8) is 0 Å². The standard InChI is InChI=1S/C18H20N4O5/c1-26-18(25)12-4-2-3-5-13(12)20-15(24)8-9-16-21-17(22-27-16)14-7-6-11(23)10-19-14/h6-7,10,23H,2-5,8-9H2,1H3,(H,20,24). The number of ether oxygens (including phenoxy) is 1. The van der Waals surface area contributed by atoms with Crippen LogP contribution in [0.4, 0.5) is 0 Å². The zero-order valence-corrected chi connectivity index (χ0v) is 14.9. The van der Waals surface area contributed by atoms with Crippen LogP contribution in [0.15, 0.2) is 34.1 Å². The van der Waals surface area contributed by atoms with Gasteiger partial charge in [-0.2, -0.15) is 4.98 Å². The Labute approximate surface area is 155 Å². The predicted molar refractivity (Wildman–Crippen MR) is 93.2 cm³/mol. The molecule has 2 aromatic rings. The summed E-state index contributed by atoms with van der Waals surface area (Å²) in [6.07, 6.45) is 4.76. The molecule has 27 heavy (non-hydrogen) atoms. The van der Waals surface area contributed by atoms with Gasteiger partial charge in [0.2, 0.25) is 17.6 Å². The number of hydrogen-bond donors (Lipinski definition) is 2. The van der Waals surface area contributed by atoms with Gasteiger partial charge >= 0.3 is 5.97 Å². The summed E-state index contributed by atoms with van der Waals surface area (Å²) < 4.78 is 9.92. The average molecular weight is 372 g/mol. The predicted octanol–water partition coefficient (Wildman–Crippen LogP) is 1.89. The second kappa shape index (κ2) is 8.43. The van der Waals surface area contributed by atoms with Gasteiger partial charge in [-0.3, -0.25) is 4.79 Å². The van der Waals surface area contributed by atoms with E-state index in [4.69, 9.17) is 9.26 Å². The van der Waals surface area contributed by atoms with E-state index >= 15 is 0 Å². The number of methoxy groups -OCH3 is 1. The number of aryl methyl sites for hydroxylation is 1. The van der Waals surface area contributed by atoms with Crippen LogP contribution in [0.5, 0.6) is 5.75 Å². The summed E-state index contributed by atoms with van der Waals surface area (Å²) in [5.74, 6) is 0.0143. The highest BCUT2D eigenvalue weighted by Crippen LogP contribution is 2.24. The number of esters is 1. The number of nitrogens with one attached hydrogen (secondary N) is 1. The molecule has 0 saturated heterocycles. The average Bonchev–Trinajstić information content (AvgIpc) is 3.16. The van der Waals surface area contributed by atoms with E-state index < -0.39 is 5.97 Å². The maximum atomic E-state index is 12.2. The van der Waals surface area contributed by atoms with Crippen LogP contribution in [-0.2, 0) is 20.7 Å². The number of rotatable bonds is 6. The Morgan fingerprint density at radius 3 is 2.85 bits per heavy atom. The summed E-state index contributed by atoms with van der Waals surface area (Å²) in [5.41, 5.74) is 1.63. The van der Waals surface area contributed by atoms with Crippen LogP contribution < -0.4 is 5.32 Å². The third kappa shape index (κ3) is 4.69. The normalized spacial score (nSPS) is 14.1. The van der Waals surface area contributed by atoms with E-state index in [0.29, 0.717) is 35.7 Å². The second-order valence-electron chi connectivity index (χ2n) is 6.12. The monoisotopic (exact) mass is 372 g/mol. The van der Waals surface area contributed by atoms with Crippen molar-refractivity contribution in [1.82, 2.24) is 20.4 Å². The van der Waals surface area contributed by atoms with Crippen molar-refractivity contribution in [3.8, 4) is 17.3 Å². The molecule has 1 amide bonds. The van der Waals surface area contributed by atoms with Gasteiger partial charge in [-0.15, -0.1) is 0 Å². The first-order valence-electron chi connectivity index (χ1n) is 8.65. The zero-order valence-electron chi connectivity index (χ0n) is 14.9. The molecule has 0 radical (unpaired) electrons. The van der Waals surface area contributed by atoms with E-state index in [2.05, 4.69) is 20.4 Å². The lowest BCUT2D eigenvalue weighted by Gasteiger charge is -2.19. The Morgan fingerprint density at radius 1 is 1.30 bits per heavy atom. The van der Waals surface area contributed by atoms with Crippen molar-refractivity contribution in [2.24, 2.45) is 0 Å². The lowest BCUT2D eigenvalue weighted by Crippen LogP contribution is -2.27. The second-order valence-corrected chi connectivity index (χ2v) is 6.12. The van der Waals surface area contributed by atoms with E-state index in [1.54, 1.807) is 6.07 Å². The van der Waals surface area contributed by atoms with Crippen molar-refractivity contribution in [2.45, 2.75) is 38.5 Å². The van der Waals surface area contributed by atoms with Crippen molar-refractivity contribution in [3.05, 3.63) is 35.5 Å². The highest BCUT2D eigenvalue weighted by molar-refractivity contribution is 5.90. The van der Waals surface area contributed by atoms with Gasteiger partial charge in [0.25, 0.3) is 0 Å². The number of hydrogen-bond acceptors (Lipinski definition) is 8. The summed E-state index contributed by atoms with van der Waals surface area (Å²) in [5, 5.41) is 15.9. The van der Waals surface area contributed by atoms with E-state index in [1.807, 2.05) is 0 Å². The zero-order chi connectivity index (χ0) is 19.2. The molecular weight excluding hydrogens is 352 g/mol. The molecule has 9 nitrogen and oxygen atoms in total. The van der Waals surface area contributed by atoms with Gasteiger partial charge in [0.1, 0.15) is 11.4 Å². The van der Waals surface area contributed by atoms with Crippen LogP contribution in [0, 0.1) is 0 Å². The Balaban J connectivity index is 1.58. The number of carbonyl (C=O) groups is 2. The number of nitrogens with zero attached hydrogens (tertiary/aromatic N) is 3. The molecule has 2 N–H and O–H groups in total. The van der Waals surface area contributed by atoms with Crippen molar-refractivity contribution < 1.29 is 24.0 Å². The van der Waals surface area contributed by atoms with Crippen molar-refractivity contribution >= 4 is 11.9 Å². The molecule has 142 valence electrons. The Hall–Kier alpha value is -3.23. The third-order valence-corrected chi connectivity index (χ3v) is 4.20. The molecule has 0 fully saturated rings.